The monoisotopic (exact) mass is 276 g/mol. The molecule has 0 atom stereocenters. The second kappa shape index (κ2) is 6.02. The molecule has 0 bridgehead atoms. The molecule has 0 unspecified atom stereocenters. The summed E-state index contributed by atoms with van der Waals surface area (Å²) in [6, 6.07) is 7.77. The quantitative estimate of drug-likeness (QED) is 0.785. The fourth-order valence-corrected chi connectivity index (χ4v) is 1.88. The minimum atomic E-state index is 0.502. The van der Waals surface area contributed by atoms with E-state index in [0.29, 0.717) is 17.6 Å². The lowest BCUT2D eigenvalue weighted by atomic mass is 10.2. The first-order valence-electron chi connectivity index (χ1n) is 6.35. The molecule has 0 N–H and O–H groups in total. The van der Waals surface area contributed by atoms with Crippen LogP contribution in [0.15, 0.2) is 24.3 Å². The van der Waals surface area contributed by atoms with Gasteiger partial charge in [0.2, 0.25) is 0 Å². The third kappa shape index (κ3) is 3.24. The molecule has 2 aromatic rings. The number of aryl methyl sites for hydroxylation is 1. The number of aromatic nitrogens is 2. The van der Waals surface area contributed by atoms with E-state index >= 15 is 0 Å². The van der Waals surface area contributed by atoms with Crippen LogP contribution in [0.3, 0.4) is 0 Å². The van der Waals surface area contributed by atoms with Crippen LogP contribution in [0.2, 0.25) is 5.15 Å². The Bertz CT molecular complexity index is 561. The predicted octanol–water partition coefficient (Wildman–Crippen LogP) is 4.20. The van der Waals surface area contributed by atoms with Crippen LogP contribution in [0.5, 0.6) is 5.75 Å². The molecule has 0 spiro atoms. The lowest BCUT2D eigenvalue weighted by Gasteiger charge is -2.08. The molecule has 3 nitrogen and oxygen atoms in total. The van der Waals surface area contributed by atoms with Crippen molar-refractivity contribution in [3.63, 3.8) is 0 Å². The van der Waals surface area contributed by atoms with Crippen LogP contribution < -0.4 is 4.74 Å². The first-order valence-corrected chi connectivity index (χ1v) is 6.73. The van der Waals surface area contributed by atoms with Gasteiger partial charge in [-0.3, -0.25) is 0 Å². The van der Waals surface area contributed by atoms with Gasteiger partial charge in [-0.05, 0) is 32.4 Å². The highest BCUT2D eigenvalue weighted by Crippen LogP contribution is 2.24. The van der Waals surface area contributed by atoms with Gasteiger partial charge in [-0.2, -0.15) is 0 Å². The van der Waals surface area contributed by atoms with Crippen molar-refractivity contribution < 1.29 is 4.74 Å². The Hall–Kier alpha value is -1.61. The molecule has 0 saturated carbocycles. The summed E-state index contributed by atoms with van der Waals surface area (Å²) in [5.74, 6) is 1.47. The molecule has 0 aliphatic heterocycles. The fourth-order valence-electron chi connectivity index (χ4n) is 1.67. The van der Waals surface area contributed by atoms with E-state index in [-0.39, 0.29) is 0 Å². The highest BCUT2D eigenvalue weighted by molar-refractivity contribution is 6.30. The summed E-state index contributed by atoms with van der Waals surface area (Å²) in [6.45, 7) is 6.64. The van der Waals surface area contributed by atoms with Crippen molar-refractivity contribution in [1.29, 1.82) is 0 Å². The van der Waals surface area contributed by atoms with Gasteiger partial charge in [-0.15, -0.1) is 0 Å². The number of hydrogen-bond donors (Lipinski definition) is 0. The first kappa shape index (κ1) is 13.8. The third-order valence-electron chi connectivity index (χ3n) is 2.89. The molecule has 4 heteroatoms. The molecule has 0 aliphatic rings. The number of benzene rings is 1. The van der Waals surface area contributed by atoms with Crippen molar-refractivity contribution in [2.75, 3.05) is 6.61 Å². The summed E-state index contributed by atoms with van der Waals surface area (Å²) in [4.78, 5) is 8.80. The lowest BCUT2D eigenvalue weighted by molar-refractivity contribution is 0.317. The predicted molar refractivity (Wildman–Crippen MR) is 77.7 cm³/mol. The van der Waals surface area contributed by atoms with Gasteiger partial charge in [0.05, 0.1) is 6.61 Å². The number of ether oxygens (including phenoxy) is 1. The van der Waals surface area contributed by atoms with E-state index in [1.54, 1.807) is 0 Å². The highest BCUT2D eigenvalue weighted by atomic mass is 35.5. The largest absolute Gasteiger partial charge is 0.494 e. The van der Waals surface area contributed by atoms with Crippen LogP contribution in [0.25, 0.3) is 11.4 Å². The maximum absolute atomic E-state index is 6.11. The average Bonchev–Trinajstić information content (AvgIpc) is 2.42. The normalized spacial score (nSPS) is 10.5. The Labute approximate surface area is 118 Å². The van der Waals surface area contributed by atoms with Gasteiger partial charge in [-0.25, -0.2) is 9.97 Å². The molecule has 1 aromatic heterocycles. The summed E-state index contributed by atoms with van der Waals surface area (Å²) in [7, 11) is 0. The first-order chi connectivity index (χ1) is 9.11. The van der Waals surface area contributed by atoms with E-state index in [1.165, 1.54) is 0 Å². The molecule has 1 heterocycles. The zero-order chi connectivity index (χ0) is 13.8. The molecule has 0 amide bonds. The van der Waals surface area contributed by atoms with E-state index in [9.17, 15) is 0 Å². The van der Waals surface area contributed by atoms with E-state index in [1.807, 2.05) is 38.1 Å². The van der Waals surface area contributed by atoms with Crippen molar-refractivity contribution in [3.05, 3.63) is 40.7 Å². The van der Waals surface area contributed by atoms with Gasteiger partial charge in [0, 0.05) is 16.8 Å². The van der Waals surface area contributed by atoms with Crippen LogP contribution in [0, 0.1) is 13.8 Å². The molecule has 2 rings (SSSR count). The molecule has 0 aliphatic carbocycles. The Morgan fingerprint density at radius 1 is 1.21 bits per heavy atom. The zero-order valence-electron chi connectivity index (χ0n) is 11.4. The fraction of sp³-hybridized carbons (Fsp3) is 0.333. The summed E-state index contributed by atoms with van der Waals surface area (Å²) < 4.78 is 5.61. The van der Waals surface area contributed by atoms with Crippen LogP contribution in [-0.4, -0.2) is 16.6 Å². The maximum atomic E-state index is 6.11. The van der Waals surface area contributed by atoms with Crippen molar-refractivity contribution >= 4 is 11.6 Å². The third-order valence-corrected chi connectivity index (χ3v) is 3.26. The summed E-state index contributed by atoms with van der Waals surface area (Å²) in [5, 5.41) is 0.502. The SMILES string of the molecule is CCCOc1cccc(-c2nc(C)c(C)c(Cl)n2)c1. The molecule has 0 saturated heterocycles. The summed E-state index contributed by atoms with van der Waals surface area (Å²) in [5.41, 5.74) is 2.73. The second-order valence-electron chi connectivity index (χ2n) is 4.42. The number of nitrogens with zero attached hydrogens (tertiary/aromatic N) is 2. The average molecular weight is 277 g/mol. The Morgan fingerprint density at radius 3 is 2.68 bits per heavy atom. The van der Waals surface area contributed by atoms with Crippen LogP contribution >= 0.6 is 11.6 Å². The van der Waals surface area contributed by atoms with Gasteiger partial charge < -0.3 is 4.74 Å². The van der Waals surface area contributed by atoms with E-state index in [2.05, 4.69) is 16.9 Å². The van der Waals surface area contributed by atoms with Gasteiger partial charge in [-0.1, -0.05) is 30.7 Å². The zero-order valence-corrected chi connectivity index (χ0v) is 12.2. The van der Waals surface area contributed by atoms with Crippen LogP contribution in [0.4, 0.5) is 0 Å². The second-order valence-corrected chi connectivity index (χ2v) is 4.78. The number of hydrogen-bond acceptors (Lipinski definition) is 3. The van der Waals surface area contributed by atoms with Crippen molar-refractivity contribution in [1.82, 2.24) is 9.97 Å². The van der Waals surface area contributed by atoms with Gasteiger partial charge in [0.15, 0.2) is 5.82 Å². The van der Waals surface area contributed by atoms with Crippen LogP contribution in [-0.2, 0) is 0 Å². The molecule has 19 heavy (non-hydrogen) atoms. The van der Waals surface area contributed by atoms with Gasteiger partial charge in [0.1, 0.15) is 10.9 Å². The molecule has 0 fully saturated rings. The maximum Gasteiger partial charge on any atom is 0.161 e. The number of rotatable bonds is 4. The molecule has 100 valence electrons. The van der Waals surface area contributed by atoms with Crippen molar-refractivity contribution in [2.24, 2.45) is 0 Å². The van der Waals surface area contributed by atoms with Crippen molar-refractivity contribution in [2.45, 2.75) is 27.2 Å². The van der Waals surface area contributed by atoms with E-state index in [4.69, 9.17) is 16.3 Å². The van der Waals surface area contributed by atoms with E-state index in [0.717, 1.165) is 29.0 Å². The van der Waals surface area contributed by atoms with E-state index < -0.39 is 0 Å². The number of halogens is 1. The minimum absolute atomic E-state index is 0.502. The lowest BCUT2D eigenvalue weighted by Crippen LogP contribution is -1.98. The van der Waals surface area contributed by atoms with Crippen molar-refractivity contribution in [3.8, 4) is 17.1 Å². The Balaban J connectivity index is 2.36. The van der Waals surface area contributed by atoms with Gasteiger partial charge in [0.25, 0.3) is 0 Å². The molecule has 0 radical (unpaired) electrons. The highest BCUT2D eigenvalue weighted by Gasteiger charge is 2.08. The molecular formula is C15H17ClN2O. The standard InChI is InChI=1S/C15H17ClN2O/c1-4-8-19-13-7-5-6-12(9-13)15-17-11(3)10(2)14(16)18-15/h5-7,9H,4,8H2,1-3H3. The smallest absolute Gasteiger partial charge is 0.161 e. The van der Waals surface area contributed by atoms with Crippen LogP contribution in [0.1, 0.15) is 24.6 Å². The van der Waals surface area contributed by atoms with Gasteiger partial charge >= 0.3 is 0 Å². The summed E-state index contributed by atoms with van der Waals surface area (Å²) >= 11 is 6.11. The Morgan fingerprint density at radius 2 is 2.00 bits per heavy atom. The molecular weight excluding hydrogens is 260 g/mol. The Kier molecular flexibility index (Phi) is 4.38. The minimum Gasteiger partial charge on any atom is -0.494 e. The topological polar surface area (TPSA) is 35.0 Å². The molecule has 1 aromatic carbocycles. The summed E-state index contributed by atoms with van der Waals surface area (Å²) in [6.07, 6.45) is 0.982.